The average Bonchev–Trinajstić information content (AvgIpc) is 2.86. The van der Waals surface area contributed by atoms with Crippen molar-refractivity contribution in [3.8, 4) is 6.07 Å². The first kappa shape index (κ1) is 13.3. The SMILES string of the molecule is N#Cc1cc([N+](=O)[O-])ccc1NC1CCCC1CO. The predicted molar refractivity (Wildman–Crippen MR) is 69.6 cm³/mol. The highest BCUT2D eigenvalue weighted by Crippen LogP contribution is 2.30. The van der Waals surface area contributed by atoms with Gasteiger partial charge in [0.15, 0.2) is 0 Å². The lowest BCUT2D eigenvalue weighted by Gasteiger charge is -2.20. The van der Waals surface area contributed by atoms with Gasteiger partial charge in [-0.1, -0.05) is 6.42 Å². The molecule has 0 spiro atoms. The van der Waals surface area contributed by atoms with Crippen LogP contribution >= 0.6 is 0 Å². The maximum atomic E-state index is 10.7. The Bertz CT molecular complexity index is 524. The number of non-ortho nitro benzene ring substituents is 1. The third-order valence-electron chi connectivity index (χ3n) is 3.57. The van der Waals surface area contributed by atoms with Gasteiger partial charge >= 0.3 is 0 Å². The van der Waals surface area contributed by atoms with Crippen LogP contribution in [-0.2, 0) is 0 Å². The molecule has 0 radical (unpaired) electrons. The first-order chi connectivity index (χ1) is 9.15. The maximum Gasteiger partial charge on any atom is 0.270 e. The zero-order valence-electron chi connectivity index (χ0n) is 10.4. The van der Waals surface area contributed by atoms with Crippen molar-refractivity contribution >= 4 is 11.4 Å². The minimum atomic E-state index is -0.517. The molecule has 0 heterocycles. The summed E-state index contributed by atoms with van der Waals surface area (Å²) in [5.41, 5.74) is 0.767. The molecule has 0 aliphatic heterocycles. The van der Waals surface area contributed by atoms with Gasteiger partial charge in [0.05, 0.1) is 16.2 Å². The van der Waals surface area contributed by atoms with Crippen LogP contribution in [0.1, 0.15) is 24.8 Å². The quantitative estimate of drug-likeness (QED) is 0.638. The summed E-state index contributed by atoms with van der Waals surface area (Å²) in [6.07, 6.45) is 2.94. The van der Waals surface area contributed by atoms with Crippen molar-refractivity contribution in [2.45, 2.75) is 25.3 Å². The van der Waals surface area contributed by atoms with Gasteiger partial charge in [-0.3, -0.25) is 10.1 Å². The lowest BCUT2D eigenvalue weighted by molar-refractivity contribution is -0.384. The second-order valence-corrected chi connectivity index (χ2v) is 4.72. The maximum absolute atomic E-state index is 10.7. The highest BCUT2D eigenvalue weighted by molar-refractivity contribution is 5.61. The number of anilines is 1. The number of nitrogens with one attached hydrogen (secondary N) is 1. The zero-order valence-corrected chi connectivity index (χ0v) is 10.4. The lowest BCUT2D eigenvalue weighted by atomic mass is 10.0. The molecule has 6 nitrogen and oxygen atoms in total. The first-order valence-electron chi connectivity index (χ1n) is 6.21. The van der Waals surface area contributed by atoms with Gasteiger partial charge in [0.2, 0.25) is 0 Å². The van der Waals surface area contributed by atoms with Gasteiger partial charge < -0.3 is 10.4 Å². The number of nitrogens with zero attached hydrogens (tertiary/aromatic N) is 2. The Kier molecular flexibility index (Phi) is 3.97. The molecular weight excluding hydrogens is 246 g/mol. The van der Waals surface area contributed by atoms with E-state index in [-0.39, 0.29) is 29.8 Å². The molecule has 2 unspecified atom stereocenters. The van der Waals surface area contributed by atoms with E-state index in [2.05, 4.69) is 5.32 Å². The number of rotatable bonds is 4. The van der Waals surface area contributed by atoms with Crippen molar-refractivity contribution in [3.05, 3.63) is 33.9 Å². The van der Waals surface area contributed by atoms with Crippen LogP contribution in [0.3, 0.4) is 0 Å². The molecule has 2 atom stereocenters. The van der Waals surface area contributed by atoms with Crippen LogP contribution in [0.4, 0.5) is 11.4 Å². The molecule has 1 saturated carbocycles. The Balaban J connectivity index is 2.21. The predicted octanol–water partition coefficient (Wildman–Crippen LogP) is 2.04. The van der Waals surface area contributed by atoms with Gasteiger partial charge in [-0.05, 0) is 18.9 Å². The van der Waals surface area contributed by atoms with Crippen LogP contribution in [0.2, 0.25) is 0 Å². The Labute approximate surface area is 110 Å². The fourth-order valence-corrected chi connectivity index (χ4v) is 2.51. The van der Waals surface area contributed by atoms with Crippen molar-refractivity contribution in [1.29, 1.82) is 5.26 Å². The second-order valence-electron chi connectivity index (χ2n) is 4.72. The standard InChI is InChI=1S/C13H15N3O3/c14-7-10-6-11(16(18)19)4-5-13(10)15-12-3-1-2-9(12)8-17/h4-6,9,12,15,17H,1-3,8H2. The Morgan fingerprint density at radius 2 is 2.32 bits per heavy atom. The van der Waals surface area contributed by atoms with Crippen molar-refractivity contribution in [3.63, 3.8) is 0 Å². The van der Waals surface area contributed by atoms with Crippen molar-refractivity contribution < 1.29 is 10.0 Å². The summed E-state index contributed by atoms with van der Waals surface area (Å²) in [5, 5.41) is 32.2. The summed E-state index contributed by atoms with van der Waals surface area (Å²) >= 11 is 0. The fourth-order valence-electron chi connectivity index (χ4n) is 2.51. The highest BCUT2D eigenvalue weighted by atomic mass is 16.6. The smallest absolute Gasteiger partial charge is 0.270 e. The van der Waals surface area contributed by atoms with E-state index in [9.17, 15) is 15.2 Å². The van der Waals surface area contributed by atoms with Gasteiger partial charge in [-0.2, -0.15) is 5.26 Å². The number of nitriles is 1. The van der Waals surface area contributed by atoms with E-state index >= 15 is 0 Å². The third kappa shape index (κ3) is 2.83. The molecule has 1 aliphatic rings. The summed E-state index contributed by atoms with van der Waals surface area (Å²) in [4.78, 5) is 10.1. The summed E-state index contributed by atoms with van der Waals surface area (Å²) in [6.45, 7) is 0.118. The molecule has 2 rings (SSSR count). The molecule has 2 N–H and O–H groups in total. The van der Waals surface area contributed by atoms with Crippen LogP contribution in [0.25, 0.3) is 0 Å². The Hall–Kier alpha value is -2.13. The molecule has 0 saturated heterocycles. The van der Waals surface area contributed by atoms with E-state index in [1.54, 1.807) is 6.07 Å². The number of hydrogen-bond acceptors (Lipinski definition) is 5. The highest BCUT2D eigenvalue weighted by Gasteiger charge is 2.27. The second kappa shape index (κ2) is 5.67. The van der Waals surface area contributed by atoms with E-state index in [1.165, 1.54) is 12.1 Å². The van der Waals surface area contributed by atoms with Crippen LogP contribution in [-0.4, -0.2) is 22.7 Å². The van der Waals surface area contributed by atoms with Gasteiger partial charge in [-0.25, -0.2) is 0 Å². The number of nitro benzene ring substituents is 1. The molecule has 100 valence electrons. The Morgan fingerprint density at radius 1 is 1.53 bits per heavy atom. The van der Waals surface area contributed by atoms with E-state index in [1.807, 2.05) is 6.07 Å². The molecule has 6 heteroatoms. The lowest BCUT2D eigenvalue weighted by Crippen LogP contribution is -2.26. The molecule has 0 aromatic heterocycles. The molecule has 1 aromatic rings. The number of aliphatic hydroxyl groups is 1. The minimum absolute atomic E-state index is 0.0905. The van der Waals surface area contributed by atoms with Crippen LogP contribution < -0.4 is 5.32 Å². The number of hydrogen-bond donors (Lipinski definition) is 2. The molecule has 0 bridgehead atoms. The summed E-state index contributed by atoms with van der Waals surface area (Å²) in [5.74, 6) is 0.182. The number of nitro groups is 1. The van der Waals surface area contributed by atoms with E-state index in [0.29, 0.717) is 5.69 Å². The monoisotopic (exact) mass is 261 g/mol. The van der Waals surface area contributed by atoms with Crippen molar-refractivity contribution in [2.75, 3.05) is 11.9 Å². The van der Waals surface area contributed by atoms with E-state index < -0.39 is 4.92 Å². The van der Waals surface area contributed by atoms with Gasteiger partial charge in [0.1, 0.15) is 6.07 Å². The van der Waals surface area contributed by atoms with Crippen LogP contribution in [0, 0.1) is 27.4 Å². The normalized spacial score (nSPS) is 21.9. The third-order valence-corrected chi connectivity index (χ3v) is 3.57. The first-order valence-corrected chi connectivity index (χ1v) is 6.21. The molecule has 1 aromatic carbocycles. The van der Waals surface area contributed by atoms with Gasteiger partial charge in [0.25, 0.3) is 5.69 Å². The number of aliphatic hydroxyl groups excluding tert-OH is 1. The summed E-state index contributed by atoms with van der Waals surface area (Å²) < 4.78 is 0. The van der Waals surface area contributed by atoms with Gasteiger partial charge in [0, 0.05) is 30.7 Å². The number of benzene rings is 1. The molecule has 1 aliphatic carbocycles. The Morgan fingerprint density at radius 3 is 2.95 bits per heavy atom. The molecule has 19 heavy (non-hydrogen) atoms. The van der Waals surface area contributed by atoms with Gasteiger partial charge in [-0.15, -0.1) is 0 Å². The minimum Gasteiger partial charge on any atom is -0.396 e. The summed E-state index contributed by atoms with van der Waals surface area (Å²) in [6, 6.07) is 6.30. The van der Waals surface area contributed by atoms with E-state index in [4.69, 9.17) is 5.26 Å². The topological polar surface area (TPSA) is 99.2 Å². The fraction of sp³-hybridized carbons (Fsp3) is 0.462. The molecule has 1 fully saturated rings. The van der Waals surface area contributed by atoms with Crippen LogP contribution in [0.5, 0.6) is 0 Å². The summed E-state index contributed by atoms with van der Waals surface area (Å²) in [7, 11) is 0. The molecular formula is C13H15N3O3. The average molecular weight is 261 g/mol. The van der Waals surface area contributed by atoms with Crippen LogP contribution in [0.15, 0.2) is 18.2 Å². The largest absolute Gasteiger partial charge is 0.396 e. The zero-order chi connectivity index (χ0) is 13.8. The van der Waals surface area contributed by atoms with E-state index in [0.717, 1.165) is 19.3 Å². The van der Waals surface area contributed by atoms with Crippen molar-refractivity contribution in [2.24, 2.45) is 5.92 Å². The van der Waals surface area contributed by atoms with Crippen molar-refractivity contribution in [1.82, 2.24) is 0 Å². The molecule has 0 amide bonds.